The highest BCUT2D eigenvalue weighted by molar-refractivity contribution is 5.64. The number of rotatable bonds is 10. The average Bonchev–Trinajstić information content (AvgIpc) is 2.75. The highest BCUT2D eigenvalue weighted by atomic mass is 16.4. The monoisotopic (exact) mass is 267 g/mol. The third-order valence-corrected chi connectivity index (χ3v) is 3.49. The predicted molar refractivity (Wildman–Crippen MR) is 75.0 cm³/mol. The minimum Gasteiger partial charge on any atom is -0.478 e. The average molecular weight is 267 g/mol. The van der Waals surface area contributed by atoms with Crippen LogP contribution in [0.5, 0.6) is 0 Å². The van der Waals surface area contributed by atoms with Gasteiger partial charge in [-0.2, -0.15) is 0 Å². The number of aromatic nitrogens is 2. The number of carbonyl (C=O) groups is 1. The Morgan fingerprint density at radius 3 is 2.53 bits per heavy atom. The van der Waals surface area contributed by atoms with E-state index in [1.54, 1.807) is 0 Å². The van der Waals surface area contributed by atoms with Crippen LogP contribution in [0.4, 0.5) is 0 Å². The Balaban J connectivity index is 2.46. The Morgan fingerprint density at radius 1 is 1.21 bits per heavy atom. The number of aliphatic carboxylic acids is 1. The predicted octanol–water partition coefficient (Wildman–Crippen LogP) is 2.78. The second kappa shape index (κ2) is 8.73. The largest absolute Gasteiger partial charge is 0.478 e. The molecule has 0 saturated heterocycles. The normalized spacial score (nSPS) is 10.8. The number of hydrogen-bond acceptors (Lipinski definition) is 1. The minimum atomic E-state index is -0.775. The van der Waals surface area contributed by atoms with E-state index in [-0.39, 0.29) is 6.54 Å². The fourth-order valence-corrected chi connectivity index (χ4v) is 2.43. The maximum atomic E-state index is 10.8. The first kappa shape index (κ1) is 15.7. The summed E-state index contributed by atoms with van der Waals surface area (Å²) in [7, 11) is 0. The molecule has 0 amide bonds. The summed E-state index contributed by atoms with van der Waals surface area (Å²) in [4.78, 5) is 10.8. The van der Waals surface area contributed by atoms with Crippen molar-refractivity contribution in [3.8, 4) is 0 Å². The molecule has 19 heavy (non-hydrogen) atoms. The van der Waals surface area contributed by atoms with Gasteiger partial charge in [0.05, 0.1) is 6.54 Å². The molecule has 0 saturated carbocycles. The summed E-state index contributed by atoms with van der Waals surface area (Å²) in [6.07, 6.45) is 12.4. The summed E-state index contributed by atoms with van der Waals surface area (Å²) >= 11 is 0. The maximum absolute atomic E-state index is 10.8. The molecule has 1 N–H and O–H groups in total. The van der Waals surface area contributed by atoms with Crippen molar-refractivity contribution in [2.75, 3.05) is 0 Å². The highest BCUT2D eigenvalue weighted by Gasteiger charge is 2.17. The number of hydrogen-bond donors (Lipinski definition) is 1. The lowest BCUT2D eigenvalue weighted by atomic mass is 10.1. The topological polar surface area (TPSA) is 46.1 Å². The molecule has 0 aliphatic heterocycles. The molecule has 1 heterocycles. The van der Waals surface area contributed by atoms with Gasteiger partial charge >= 0.3 is 5.97 Å². The second-order valence-electron chi connectivity index (χ2n) is 5.04. The molecule has 0 unspecified atom stereocenters. The van der Waals surface area contributed by atoms with Gasteiger partial charge < -0.3 is 5.11 Å². The van der Waals surface area contributed by atoms with Gasteiger partial charge in [0.2, 0.25) is 0 Å². The summed E-state index contributed by atoms with van der Waals surface area (Å²) < 4.78 is 4.01. The molecular formula is C15H27N2O2+. The quantitative estimate of drug-likeness (QED) is 0.523. The Hall–Kier alpha value is -1.32. The van der Waals surface area contributed by atoms with Crippen LogP contribution < -0.4 is 4.57 Å². The Morgan fingerprint density at radius 2 is 1.89 bits per heavy atom. The van der Waals surface area contributed by atoms with Gasteiger partial charge in [-0.15, -0.1) is 0 Å². The minimum absolute atomic E-state index is 0.0676. The van der Waals surface area contributed by atoms with Crippen LogP contribution in [-0.2, 0) is 24.3 Å². The van der Waals surface area contributed by atoms with Crippen molar-refractivity contribution in [3.05, 3.63) is 18.2 Å². The van der Waals surface area contributed by atoms with Crippen LogP contribution in [0, 0.1) is 0 Å². The molecule has 0 aromatic carbocycles. The zero-order valence-corrected chi connectivity index (χ0v) is 12.3. The van der Waals surface area contributed by atoms with Gasteiger partial charge in [-0.3, -0.25) is 0 Å². The third-order valence-electron chi connectivity index (χ3n) is 3.49. The first-order valence-corrected chi connectivity index (χ1v) is 7.48. The van der Waals surface area contributed by atoms with Gasteiger partial charge in [-0.1, -0.05) is 39.0 Å². The Bertz CT molecular complexity index is 385. The van der Waals surface area contributed by atoms with Crippen molar-refractivity contribution < 1.29 is 14.5 Å². The molecule has 108 valence electrons. The smallest absolute Gasteiger partial charge is 0.346 e. The summed E-state index contributed by atoms with van der Waals surface area (Å²) in [6, 6.07) is 0. The zero-order valence-electron chi connectivity index (χ0n) is 12.3. The lowest BCUT2D eigenvalue weighted by molar-refractivity contribution is -0.692. The summed E-state index contributed by atoms with van der Waals surface area (Å²) in [5.74, 6) is 0.364. The summed E-state index contributed by atoms with van der Waals surface area (Å²) in [6.45, 7) is 5.29. The van der Waals surface area contributed by atoms with Crippen LogP contribution in [0.15, 0.2) is 12.4 Å². The van der Waals surface area contributed by atoms with Crippen LogP contribution in [0.2, 0.25) is 0 Å². The van der Waals surface area contributed by atoms with Gasteiger partial charge in [0.25, 0.3) is 5.82 Å². The summed E-state index contributed by atoms with van der Waals surface area (Å²) in [5.41, 5.74) is 0. The first-order valence-electron chi connectivity index (χ1n) is 7.48. The fourth-order valence-electron chi connectivity index (χ4n) is 2.43. The van der Waals surface area contributed by atoms with E-state index in [2.05, 4.69) is 18.4 Å². The zero-order chi connectivity index (χ0) is 14.1. The third kappa shape index (κ3) is 5.45. The summed E-state index contributed by atoms with van der Waals surface area (Å²) in [5, 5.41) is 8.91. The number of aryl methyl sites for hydroxylation is 1. The van der Waals surface area contributed by atoms with E-state index in [1.807, 2.05) is 17.0 Å². The van der Waals surface area contributed by atoms with E-state index in [0.717, 1.165) is 25.2 Å². The number of carboxylic acids is 1. The highest BCUT2D eigenvalue weighted by Crippen LogP contribution is 2.08. The first-order chi connectivity index (χ1) is 9.19. The van der Waals surface area contributed by atoms with E-state index < -0.39 is 5.97 Å². The van der Waals surface area contributed by atoms with Crippen LogP contribution in [-0.4, -0.2) is 15.6 Å². The molecule has 0 radical (unpaired) electrons. The second-order valence-corrected chi connectivity index (χ2v) is 5.04. The lowest BCUT2D eigenvalue weighted by Gasteiger charge is -2.03. The molecule has 0 fully saturated rings. The van der Waals surface area contributed by atoms with Crippen LogP contribution in [0.1, 0.15) is 58.2 Å². The molecule has 4 nitrogen and oxygen atoms in total. The molecule has 1 aromatic rings. The van der Waals surface area contributed by atoms with Crippen molar-refractivity contribution >= 4 is 5.97 Å². The van der Waals surface area contributed by atoms with Gasteiger partial charge in [-0.25, -0.2) is 13.9 Å². The van der Waals surface area contributed by atoms with Gasteiger partial charge in [0.15, 0.2) is 6.54 Å². The van der Waals surface area contributed by atoms with Crippen molar-refractivity contribution in [1.82, 2.24) is 4.57 Å². The van der Waals surface area contributed by atoms with Crippen molar-refractivity contribution in [3.63, 3.8) is 0 Å². The van der Waals surface area contributed by atoms with Crippen molar-refractivity contribution in [1.29, 1.82) is 0 Å². The SMILES string of the molecule is CCCCCCCCc1n(CC)cc[n+]1CC(=O)O. The lowest BCUT2D eigenvalue weighted by Crippen LogP contribution is -2.40. The molecule has 0 aliphatic rings. The number of imidazole rings is 1. The molecule has 0 spiro atoms. The van der Waals surface area contributed by atoms with E-state index in [9.17, 15) is 4.79 Å². The van der Waals surface area contributed by atoms with Gasteiger partial charge in [0.1, 0.15) is 12.4 Å². The van der Waals surface area contributed by atoms with Crippen molar-refractivity contribution in [2.24, 2.45) is 0 Å². The number of unbranched alkanes of at least 4 members (excludes halogenated alkanes) is 5. The molecule has 1 aromatic heterocycles. The van der Waals surface area contributed by atoms with Crippen molar-refractivity contribution in [2.45, 2.75) is 71.9 Å². The van der Waals surface area contributed by atoms with Gasteiger partial charge in [-0.05, 0) is 13.3 Å². The van der Waals surface area contributed by atoms with E-state index in [0.29, 0.717) is 0 Å². The Labute approximate surface area is 116 Å². The standard InChI is InChI=1S/C15H26N2O2/c1-3-5-6-7-8-9-10-14-16(4-2)11-12-17(14)13-15(18)19/h11-12H,3-10,13H2,1-2H3/p+1. The van der Waals surface area contributed by atoms with Crippen LogP contribution in [0.25, 0.3) is 0 Å². The van der Waals surface area contributed by atoms with E-state index in [1.165, 1.54) is 32.1 Å². The van der Waals surface area contributed by atoms with Gasteiger partial charge in [0, 0.05) is 6.42 Å². The van der Waals surface area contributed by atoms with E-state index >= 15 is 0 Å². The molecule has 1 rings (SSSR count). The van der Waals surface area contributed by atoms with Crippen LogP contribution in [0.3, 0.4) is 0 Å². The number of nitrogens with zero attached hydrogens (tertiary/aromatic N) is 2. The Kier molecular flexibility index (Phi) is 7.23. The molecule has 0 atom stereocenters. The molecule has 4 heteroatoms. The molecular weight excluding hydrogens is 240 g/mol. The van der Waals surface area contributed by atoms with E-state index in [4.69, 9.17) is 5.11 Å². The number of carboxylic acid groups (broad SMARTS) is 1. The van der Waals surface area contributed by atoms with Crippen LogP contribution >= 0.6 is 0 Å². The molecule has 0 bridgehead atoms. The molecule has 0 aliphatic carbocycles. The fraction of sp³-hybridized carbons (Fsp3) is 0.733. The maximum Gasteiger partial charge on any atom is 0.346 e.